The first-order valence-electron chi connectivity index (χ1n) is 5.82. The number of ketones is 1. The molecule has 0 atom stereocenters. The average molecular weight is 308 g/mol. The zero-order valence-electron chi connectivity index (χ0n) is 10.4. The number of aliphatic carboxylic acids is 1. The fraction of sp³-hybridized carbons (Fsp3) is 0.143. The van der Waals surface area contributed by atoms with Crippen molar-refractivity contribution in [2.45, 2.75) is 0 Å². The van der Waals surface area contributed by atoms with Crippen molar-refractivity contribution < 1.29 is 19.8 Å². The number of thioether (sulfide) groups is 2. The number of hydrogen-bond donors (Lipinski definition) is 2. The summed E-state index contributed by atoms with van der Waals surface area (Å²) in [6, 6.07) is 6.39. The fourth-order valence-corrected chi connectivity index (χ4v) is 4.17. The van der Waals surface area contributed by atoms with E-state index in [9.17, 15) is 14.7 Å². The van der Waals surface area contributed by atoms with Crippen LogP contribution in [0.1, 0.15) is 5.56 Å². The lowest BCUT2D eigenvalue weighted by atomic mass is 10.1. The van der Waals surface area contributed by atoms with E-state index in [1.165, 1.54) is 47.8 Å². The standard InChI is InChI=1S/C14H12O4S2/c15-10-3-1-2-9(8-10)4-5-11(16)12(13(17)18)14-19-6-7-20-14/h1-5,8,15H,6-7H2,(H,17,18)/b5-4+. The second-order valence-electron chi connectivity index (χ2n) is 3.96. The molecule has 20 heavy (non-hydrogen) atoms. The highest BCUT2D eigenvalue weighted by Gasteiger charge is 2.24. The number of allylic oxidation sites excluding steroid dienone is 1. The summed E-state index contributed by atoms with van der Waals surface area (Å²) in [5.74, 6) is 0.00392. The molecule has 1 heterocycles. The van der Waals surface area contributed by atoms with Gasteiger partial charge in [0.25, 0.3) is 0 Å². The van der Waals surface area contributed by atoms with E-state index in [1.54, 1.807) is 12.1 Å². The van der Waals surface area contributed by atoms with Crippen LogP contribution in [-0.2, 0) is 9.59 Å². The van der Waals surface area contributed by atoms with Gasteiger partial charge in [0.15, 0.2) is 5.78 Å². The van der Waals surface area contributed by atoms with Crippen LogP contribution in [0, 0.1) is 0 Å². The molecule has 2 rings (SSSR count). The normalized spacial score (nSPS) is 14.7. The van der Waals surface area contributed by atoms with Crippen LogP contribution in [0.2, 0.25) is 0 Å². The molecular formula is C14H12O4S2. The van der Waals surface area contributed by atoms with Crippen molar-refractivity contribution in [2.75, 3.05) is 11.5 Å². The van der Waals surface area contributed by atoms with Gasteiger partial charge >= 0.3 is 5.97 Å². The van der Waals surface area contributed by atoms with E-state index < -0.39 is 11.8 Å². The number of phenolic OH excluding ortho intramolecular Hbond substituents is 1. The Hall–Kier alpha value is -1.66. The van der Waals surface area contributed by atoms with Crippen LogP contribution in [0.4, 0.5) is 0 Å². The van der Waals surface area contributed by atoms with Gasteiger partial charge in [-0.2, -0.15) is 0 Å². The van der Waals surface area contributed by atoms with Gasteiger partial charge in [0.1, 0.15) is 11.3 Å². The lowest BCUT2D eigenvalue weighted by Crippen LogP contribution is -2.11. The summed E-state index contributed by atoms with van der Waals surface area (Å²) < 4.78 is 0.572. The Labute approximate surface area is 124 Å². The minimum atomic E-state index is -1.20. The van der Waals surface area contributed by atoms with E-state index >= 15 is 0 Å². The van der Waals surface area contributed by atoms with Crippen LogP contribution in [0.25, 0.3) is 6.08 Å². The van der Waals surface area contributed by atoms with Crippen molar-refractivity contribution in [1.29, 1.82) is 0 Å². The second-order valence-corrected chi connectivity index (χ2v) is 6.43. The summed E-state index contributed by atoms with van der Waals surface area (Å²) in [5, 5.41) is 18.5. The Kier molecular flexibility index (Phi) is 4.92. The number of benzene rings is 1. The molecule has 0 aliphatic carbocycles. The highest BCUT2D eigenvalue weighted by Crippen LogP contribution is 2.39. The lowest BCUT2D eigenvalue weighted by Gasteiger charge is -2.01. The van der Waals surface area contributed by atoms with Gasteiger partial charge in [-0.1, -0.05) is 18.2 Å². The first-order chi connectivity index (χ1) is 9.58. The molecule has 0 aromatic heterocycles. The monoisotopic (exact) mass is 308 g/mol. The van der Waals surface area contributed by atoms with E-state index in [1.807, 2.05) is 0 Å². The quantitative estimate of drug-likeness (QED) is 0.506. The topological polar surface area (TPSA) is 74.6 Å². The summed E-state index contributed by atoms with van der Waals surface area (Å²) in [5.41, 5.74) is 0.466. The van der Waals surface area contributed by atoms with Crippen molar-refractivity contribution in [1.82, 2.24) is 0 Å². The number of rotatable bonds is 4. The lowest BCUT2D eigenvalue weighted by molar-refractivity contribution is -0.134. The SMILES string of the molecule is O=C(O)C(C(=O)/C=C/c1cccc(O)c1)=C1SCCS1. The van der Waals surface area contributed by atoms with Crippen LogP contribution >= 0.6 is 23.5 Å². The molecule has 6 heteroatoms. The molecule has 1 aromatic rings. The van der Waals surface area contributed by atoms with Gasteiger partial charge in [-0.25, -0.2) is 4.79 Å². The average Bonchev–Trinajstić information content (AvgIpc) is 2.90. The number of phenols is 1. The summed E-state index contributed by atoms with van der Waals surface area (Å²) in [7, 11) is 0. The van der Waals surface area contributed by atoms with E-state index in [-0.39, 0.29) is 11.3 Å². The Morgan fingerprint density at radius 2 is 1.90 bits per heavy atom. The Morgan fingerprint density at radius 3 is 2.50 bits per heavy atom. The van der Waals surface area contributed by atoms with Crippen molar-refractivity contribution in [3.8, 4) is 5.75 Å². The number of carbonyl (C=O) groups excluding carboxylic acids is 1. The van der Waals surface area contributed by atoms with E-state index in [4.69, 9.17) is 5.11 Å². The summed E-state index contributed by atoms with van der Waals surface area (Å²) >= 11 is 2.80. The highest BCUT2D eigenvalue weighted by atomic mass is 32.2. The summed E-state index contributed by atoms with van der Waals surface area (Å²) in [6.07, 6.45) is 2.72. The number of carboxylic acid groups (broad SMARTS) is 1. The van der Waals surface area contributed by atoms with E-state index in [0.717, 1.165) is 11.5 Å². The summed E-state index contributed by atoms with van der Waals surface area (Å²) in [6.45, 7) is 0. The largest absolute Gasteiger partial charge is 0.508 e. The van der Waals surface area contributed by atoms with Gasteiger partial charge in [0.05, 0.1) is 4.24 Å². The van der Waals surface area contributed by atoms with Gasteiger partial charge in [-0.3, -0.25) is 4.79 Å². The van der Waals surface area contributed by atoms with Gasteiger partial charge in [-0.05, 0) is 23.8 Å². The smallest absolute Gasteiger partial charge is 0.341 e. The number of carboxylic acids is 1. The molecule has 0 unspecified atom stereocenters. The summed E-state index contributed by atoms with van der Waals surface area (Å²) in [4.78, 5) is 23.2. The number of aromatic hydroxyl groups is 1. The fourth-order valence-electron chi connectivity index (χ4n) is 1.63. The Balaban J connectivity index is 2.21. The molecule has 0 amide bonds. The molecule has 0 spiro atoms. The predicted octanol–water partition coefficient (Wildman–Crippen LogP) is 2.75. The Morgan fingerprint density at radius 1 is 1.20 bits per heavy atom. The zero-order chi connectivity index (χ0) is 14.5. The minimum Gasteiger partial charge on any atom is -0.508 e. The predicted molar refractivity (Wildman–Crippen MR) is 81.7 cm³/mol. The number of carbonyl (C=O) groups is 2. The molecule has 0 saturated carbocycles. The van der Waals surface area contributed by atoms with Gasteiger partial charge in [-0.15, -0.1) is 23.5 Å². The van der Waals surface area contributed by atoms with Crippen LogP contribution in [-0.4, -0.2) is 33.5 Å². The first-order valence-corrected chi connectivity index (χ1v) is 7.79. The number of hydrogen-bond acceptors (Lipinski definition) is 5. The van der Waals surface area contributed by atoms with E-state index in [2.05, 4.69) is 0 Å². The maximum Gasteiger partial charge on any atom is 0.341 e. The van der Waals surface area contributed by atoms with Crippen molar-refractivity contribution >= 4 is 41.4 Å². The molecular weight excluding hydrogens is 296 g/mol. The highest BCUT2D eigenvalue weighted by molar-refractivity contribution is 8.25. The third kappa shape index (κ3) is 3.68. The van der Waals surface area contributed by atoms with Gasteiger partial charge in [0, 0.05) is 11.5 Å². The second kappa shape index (κ2) is 6.67. The van der Waals surface area contributed by atoms with Crippen LogP contribution in [0.15, 0.2) is 40.2 Å². The first kappa shape index (κ1) is 14.7. The maximum absolute atomic E-state index is 12.0. The minimum absolute atomic E-state index is 0.0957. The van der Waals surface area contributed by atoms with Crippen molar-refractivity contribution in [2.24, 2.45) is 0 Å². The molecule has 2 N–H and O–H groups in total. The van der Waals surface area contributed by atoms with Crippen LogP contribution < -0.4 is 0 Å². The van der Waals surface area contributed by atoms with Gasteiger partial charge in [0.2, 0.25) is 0 Å². The third-order valence-electron chi connectivity index (χ3n) is 2.51. The molecule has 1 saturated heterocycles. The maximum atomic E-state index is 12.0. The molecule has 4 nitrogen and oxygen atoms in total. The molecule has 0 radical (unpaired) electrons. The van der Waals surface area contributed by atoms with Crippen LogP contribution in [0.5, 0.6) is 5.75 Å². The third-order valence-corrected chi connectivity index (χ3v) is 5.23. The molecule has 104 valence electrons. The van der Waals surface area contributed by atoms with E-state index in [0.29, 0.717) is 9.80 Å². The molecule has 1 aliphatic rings. The molecule has 1 aliphatic heterocycles. The van der Waals surface area contributed by atoms with Gasteiger partial charge < -0.3 is 10.2 Å². The molecule has 1 fully saturated rings. The molecule has 1 aromatic carbocycles. The van der Waals surface area contributed by atoms with Crippen molar-refractivity contribution in [3.05, 3.63) is 45.7 Å². The van der Waals surface area contributed by atoms with Crippen molar-refractivity contribution in [3.63, 3.8) is 0 Å². The Bertz CT molecular complexity index is 597. The van der Waals surface area contributed by atoms with Crippen LogP contribution in [0.3, 0.4) is 0 Å². The molecule has 0 bridgehead atoms. The zero-order valence-corrected chi connectivity index (χ0v) is 12.0.